The van der Waals surface area contributed by atoms with Crippen LogP contribution in [-0.2, 0) is 4.79 Å². The number of fused-ring (bicyclic) bond motifs is 1. The molecule has 2 aromatic carbocycles. The fourth-order valence-corrected chi connectivity index (χ4v) is 5.21. The van der Waals surface area contributed by atoms with Crippen molar-refractivity contribution in [2.24, 2.45) is 0 Å². The Kier molecular flexibility index (Phi) is 4.45. The molecule has 4 aromatic rings. The molecular weight excluding hydrogens is 423 g/mol. The second kappa shape index (κ2) is 7.16. The van der Waals surface area contributed by atoms with Gasteiger partial charge in [-0.2, -0.15) is 0 Å². The number of thiazole rings is 1. The van der Waals surface area contributed by atoms with E-state index in [0.29, 0.717) is 20.7 Å². The van der Waals surface area contributed by atoms with Gasteiger partial charge in [0.25, 0.3) is 5.91 Å². The number of carbonyl (C=O) groups is 2. The van der Waals surface area contributed by atoms with Crippen LogP contribution in [0.25, 0.3) is 10.2 Å². The van der Waals surface area contributed by atoms with Gasteiger partial charge in [0.05, 0.1) is 26.7 Å². The zero-order valence-electron chi connectivity index (χ0n) is 15.3. The molecule has 0 spiro atoms. The predicted octanol–water partition coefficient (Wildman–Crippen LogP) is 5.28. The topological polar surface area (TPSA) is 70.5 Å². The van der Waals surface area contributed by atoms with E-state index in [2.05, 4.69) is 4.98 Å². The number of Topliss-reactive ketones (excluding diaryl/α,β-unsaturated/α-hetero) is 1. The number of halogens is 1. The molecule has 1 aliphatic heterocycles. The van der Waals surface area contributed by atoms with Crippen LogP contribution in [0.5, 0.6) is 0 Å². The summed E-state index contributed by atoms with van der Waals surface area (Å²) in [5, 5.41) is 12.7. The first-order chi connectivity index (χ1) is 14.5. The minimum Gasteiger partial charge on any atom is -0.503 e. The molecule has 1 atom stereocenters. The van der Waals surface area contributed by atoms with Gasteiger partial charge in [0, 0.05) is 0 Å². The van der Waals surface area contributed by atoms with Crippen molar-refractivity contribution in [3.05, 3.63) is 93.6 Å². The normalized spacial score (nSPS) is 16.6. The van der Waals surface area contributed by atoms with E-state index in [1.165, 1.54) is 34.4 Å². The van der Waals surface area contributed by atoms with Crippen LogP contribution in [0.2, 0.25) is 0 Å². The number of aliphatic hydroxyl groups excluding tert-OH is 1. The van der Waals surface area contributed by atoms with Gasteiger partial charge in [-0.3, -0.25) is 14.5 Å². The molecule has 3 heterocycles. The van der Waals surface area contributed by atoms with E-state index in [-0.39, 0.29) is 10.7 Å². The maximum absolute atomic E-state index is 13.6. The number of benzene rings is 2. The molecule has 0 saturated carbocycles. The number of hydrogen-bond donors (Lipinski definition) is 1. The van der Waals surface area contributed by atoms with Crippen molar-refractivity contribution in [3.63, 3.8) is 0 Å². The molecular formula is C22H13FN2O3S2. The lowest BCUT2D eigenvalue weighted by Gasteiger charge is -2.24. The minimum absolute atomic E-state index is 0.0130. The van der Waals surface area contributed by atoms with Crippen LogP contribution in [-0.4, -0.2) is 21.8 Å². The number of thiophene rings is 1. The molecule has 8 heteroatoms. The van der Waals surface area contributed by atoms with Gasteiger partial charge in [-0.25, -0.2) is 9.37 Å². The predicted molar refractivity (Wildman–Crippen MR) is 115 cm³/mol. The van der Waals surface area contributed by atoms with Gasteiger partial charge in [-0.1, -0.05) is 47.7 Å². The molecule has 2 aromatic heterocycles. The Morgan fingerprint density at radius 2 is 1.90 bits per heavy atom. The van der Waals surface area contributed by atoms with Gasteiger partial charge in [0.2, 0.25) is 5.78 Å². The summed E-state index contributed by atoms with van der Waals surface area (Å²) in [6.07, 6.45) is 0. The first-order valence-electron chi connectivity index (χ1n) is 9.00. The first kappa shape index (κ1) is 18.7. The first-order valence-corrected chi connectivity index (χ1v) is 10.7. The lowest BCUT2D eigenvalue weighted by atomic mass is 9.96. The Labute approximate surface area is 178 Å². The molecule has 1 unspecified atom stereocenters. The van der Waals surface area contributed by atoms with Gasteiger partial charge in [0.15, 0.2) is 10.9 Å². The van der Waals surface area contributed by atoms with Crippen molar-refractivity contribution in [2.45, 2.75) is 6.04 Å². The second-order valence-electron chi connectivity index (χ2n) is 6.67. The van der Waals surface area contributed by atoms with E-state index >= 15 is 0 Å². The fourth-order valence-electron chi connectivity index (χ4n) is 3.52. The molecule has 1 aliphatic rings. The lowest BCUT2D eigenvalue weighted by Crippen LogP contribution is -2.30. The van der Waals surface area contributed by atoms with Crippen LogP contribution >= 0.6 is 22.7 Å². The highest BCUT2D eigenvalue weighted by Gasteiger charge is 2.46. The van der Waals surface area contributed by atoms with Crippen LogP contribution in [0.15, 0.2) is 77.4 Å². The highest BCUT2D eigenvalue weighted by atomic mass is 32.1. The van der Waals surface area contributed by atoms with E-state index in [9.17, 15) is 19.1 Å². The number of amides is 1. The average molecular weight is 436 g/mol. The molecule has 0 aliphatic carbocycles. The van der Waals surface area contributed by atoms with E-state index in [1.54, 1.807) is 41.8 Å². The van der Waals surface area contributed by atoms with Crippen LogP contribution in [0.4, 0.5) is 9.52 Å². The van der Waals surface area contributed by atoms with Crippen molar-refractivity contribution < 1.29 is 19.1 Å². The molecule has 1 amide bonds. The summed E-state index contributed by atoms with van der Waals surface area (Å²) in [7, 11) is 0. The molecule has 1 N–H and O–H groups in total. The third-order valence-electron chi connectivity index (χ3n) is 4.86. The van der Waals surface area contributed by atoms with Gasteiger partial charge >= 0.3 is 0 Å². The SMILES string of the molecule is O=C(C1=C(O)C(=O)N(c2nc3ccc(F)cc3s2)C1c1ccccc1)c1cccs1. The number of aromatic nitrogens is 1. The summed E-state index contributed by atoms with van der Waals surface area (Å²) in [5.74, 6) is -2.10. The van der Waals surface area contributed by atoms with Crippen molar-refractivity contribution in [2.75, 3.05) is 4.90 Å². The maximum Gasteiger partial charge on any atom is 0.296 e. The molecule has 148 valence electrons. The molecule has 5 nitrogen and oxygen atoms in total. The van der Waals surface area contributed by atoms with E-state index in [0.717, 1.165) is 11.3 Å². The minimum atomic E-state index is -0.835. The number of aliphatic hydroxyl groups is 1. The van der Waals surface area contributed by atoms with Crippen LogP contribution in [0, 0.1) is 5.82 Å². The number of ketones is 1. The Hall–Kier alpha value is -3.36. The smallest absolute Gasteiger partial charge is 0.296 e. The summed E-state index contributed by atoms with van der Waals surface area (Å²) in [6, 6.07) is 15.8. The monoisotopic (exact) mass is 436 g/mol. The largest absolute Gasteiger partial charge is 0.503 e. The Morgan fingerprint density at radius 1 is 1.10 bits per heavy atom. The standard InChI is InChI=1S/C22H13FN2O3S2/c23-13-8-9-14-16(11-13)30-22(24-14)25-18(12-5-2-1-3-6-12)17(20(27)21(25)28)19(26)15-7-4-10-29-15/h1-11,18,27H. The number of hydrogen-bond acceptors (Lipinski definition) is 6. The highest BCUT2D eigenvalue weighted by Crippen LogP contribution is 2.44. The number of carbonyl (C=O) groups excluding carboxylic acids is 2. The summed E-state index contributed by atoms with van der Waals surface area (Å²) >= 11 is 2.37. The van der Waals surface area contributed by atoms with Crippen LogP contribution in [0.3, 0.4) is 0 Å². The molecule has 0 saturated heterocycles. The molecule has 30 heavy (non-hydrogen) atoms. The molecule has 0 bridgehead atoms. The van der Waals surface area contributed by atoms with Crippen molar-refractivity contribution in [3.8, 4) is 0 Å². The lowest BCUT2D eigenvalue weighted by molar-refractivity contribution is -0.117. The maximum atomic E-state index is 13.6. The van der Waals surface area contributed by atoms with E-state index in [4.69, 9.17) is 0 Å². The summed E-state index contributed by atoms with van der Waals surface area (Å²) in [4.78, 5) is 32.5. The molecule has 0 fully saturated rings. The molecule has 5 rings (SSSR count). The fraction of sp³-hybridized carbons (Fsp3) is 0.0455. The third-order valence-corrected chi connectivity index (χ3v) is 6.74. The zero-order valence-corrected chi connectivity index (χ0v) is 16.9. The zero-order chi connectivity index (χ0) is 20.8. The summed E-state index contributed by atoms with van der Waals surface area (Å²) < 4.78 is 14.2. The Bertz CT molecular complexity index is 1310. The van der Waals surface area contributed by atoms with Gasteiger partial charge < -0.3 is 5.11 Å². The Morgan fingerprint density at radius 3 is 2.63 bits per heavy atom. The quantitative estimate of drug-likeness (QED) is 0.442. The highest BCUT2D eigenvalue weighted by molar-refractivity contribution is 7.22. The number of anilines is 1. The van der Waals surface area contributed by atoms with Crippen LogP contribution < -0.4 is 4.90 Å². The number of nitrogens with zero attached hydrogens (tertiary/aromatic N) is 2. The van der Waals surface area contributed by atoms with E-state index in [1.807, 2.05) is 6.07 Å². The van der Waals surface area contributed by atoms with Crippen LogP contribution in [0.1, 0.15) is 21.3 Å². The van der Waals surface area contributed by atoms with Gasteiger partial charge in [-0.15, -0.1) is 11.3 Å². The van der Waals surface area contributed by atoms with Crippen molar-refractivity contribution >= 4 is 49.7 Å². The summed E-state index contributed by atoms with van der Waals surface area (Å²) in [6.45, 7) is 0. The number of rotatable bonds is 4. The molecule has 0 radical (unpaired) electrons. The van der Waals surface area contributed by atoms with Gasteiger partial charge in [0.1, 0.15) is 5.82 Å². The summed E-state index contributed by atoms with van der Waals surface area (Å²) in [5.41, 5.74) is 1.22. The van der Waals surface area contributed by atoms with Crippen molar-refractivity contribution in [1.82, 2.24) is 4.98 Å². The average Bonchev–Trinajstić information content (AvgIpc) is 3.47. The second-order valence-corrected chi connectivity index (χ2v) is 8.62. The van der Waals surface area contributed by atoms with Gasteiger partial charge in [-0.05, 0) is 35.2 Å². The van der Waals surface area contributed by atoms with E-state index < -0.39 is 29.3 Å². The third kappa shape index (κ3) is 2.92. The Balaban J connectivity index is 1.68. The van der Waals surface area contributed by atoms with Crippen molar-refractivity contribution in [1.29, 1.82) is 0 Å².